The maximum Gasteiger partial charge on any atom is 0.253 e. The first-order valence-corrected chi connectivity index (χ1v) is 4.09. The summed E-state index contributed by atoms with van der Waals surface area (Å²) < 4.78 is 12.8. The van der Waals surface area contributed by atoms with E-state index >= 15 is 0 Å². The molecule has 0 aliphatic rings. The Kier molecular flexibility index (Phi) is 3.23. The molecule has 3 N–H and O–H groups in total. The van der Waals surface area contributed by atoms with Crippen molar-refractivity contribution in [2.24, 2.45) is 0 Å². The van der Waals surface area contributed by atoms with Crippen LogP contribution in [0.5, 0.6) is 0 Å². The van der Waals surface area contributed by atoms with Crippen molar-refractivity contribution in [3.05, 3.63) is 42.2 Å². The molecule has 0 fully saturated rings. The first-order chi connectivity index (χ1) is 6.65. The summed E-state index contributed by atoms with van der Waals surface area (Å²) in [5, 5.41) is 2.51. The highest BCUT2D eigenvalue weighted by Crippen LogP contribution is 2.12. The molecule has 1 aromatic rings. The van der Waals surface area contributed by atoms with Crippen molar-refractivity contribution in [1.82, 2.24) is 5.32 Å². The molecule has 0 heterocycles. The SMILES string of the molecule is C=CCNC(=O)c1cc(F)ccc1N. The van der Waals surface area contributed by atoms with Gasteiger partial charge in [-0.1, -0.05) is 6.08 Å². The molecule has 3 nitrogen and oxygen atoms in total. The van der Waals surface area contributed by atoms with Crippen molar-refractivity contribution >= 4 is 11.6 Å². The lowest BCUT2D eigenvalue weighted by atomic mass is 10.1. The molecule has 1 amide bonds. The number of carbonyl (C=O) groups excluding carboxylic acids is 1. The lowest BCUT2D eigenvalue weighted by Crippen LogP contribution is -2.24. The van der Waals surface area contributed by atoms with Crippen LogP contribution < -0.4 is 11.1 Å². The van der Waals surface area contributed by atoms with Gasteiger partial charge in [0.25, 0.3) is 5.91 Å². The molecule has 0 aliphatic heterocycles. The van der Waals surface area contributed by atoms with Crippen LogP contribution in [0, 0.1) is 5.82 Å². The van der Waals surface area contributed by atoms with Gasteiger partial charge in [0, 0.05) is 12.2 Å². The molecule has 1 rings (SSSR count). The lowest BCUT2D eigenvalue weighted by molar-refractivity contribution is 0.0958. The fourth-order valence-electron chi connectivity index (χ4n) is 0.985. The van der Waals surface area contributed by atoms with E-state index < -0.39 is 11.7 Å². The topological polar surface area (TPSA) is 55.1 Å². The molecule has 0 saturated heterocycles. The minimum absolute atomic E-state index is 0.145. The fourth-order valence-corrected chi connectivity index (χ4v) is 0.985. The van der Waals surface area contributed by atoms with E-state index in [-0.39, 0.29) is 11.3 Å². The van der Waals surface area contributed by atoms with E-state index in [0.717, 1.165) is 6.07 Å². The van der Waals surface area contributed by atoms with Gasteiger partial charge in [-0.2, -0.15) is 0 Å². The summed E-state index contributed by atoms with van der Waals surface area (Å²) >= 11 is 0. The molecule has 74 valence electrons. The van der Waals surface area contributed by atoms with Gasteiger partial charge in [-0.3, -0.25) is 4.79 Å². The Bertz CT molecular complexity index is 363. The summed E-state index contributed by atoms with van der Waals surface area (Å²) in [6.45, 7) is 3.77. The Hall–Kier alpha value is -1.84. The van der Waals surface area contributed by atoms with Gasteiger partial charge in [0.15, 0.2) is 0 Å². The highest BCUT2D eigenvalue weighted by atomic mass is 19.1. The summed E-state index contributed by atoms with van der Waals surface area (Å²) in [6.07, 6.45) is 1.54. The second-order valence-electron chi connectivity index (χ2n) is 2.73. The van der Waals surface area contributed by atoms with Crippen LogP contribution in [-0.4, -0.2) is 12.5 Å². The monoisotopic (exact) mass is 194 g/mol. The van der Waals surface area contributed by atoms with E-state index in [1.807, 2.05) is 0 Å². The summed E-state index contributed by atoms with van der Waals surface area (Å²) in [5.74, 6) is -0.884. The van der Waals surface area contributed by atoms with Crippen LogP contribution in [-0.2, 0) is 0 Å². The quantitative estimate of drug-likeness (QED) is 0.563. The van der Waals surface area contributed by atoms with Crippen LogP contribution in [0.2, 0.25) is 0 Å². The number of carbonyl (C=O) groups is 1. The molecule has 0 unspecified atom stereocenters. The molecule has 0 aromatic heterocycles. The van der Waals surface area contributed by atoms with Crippen LogP contribution in [0.25, 0.3) is 0 Å². The molecular formula is C10H11FN2O. The van der Waals surface area contributed by atoms with Gasteiger partial charge in [0.2, 0.25) is 0 Å². The number of hydrogen-bond acceptors (Lipinski definition) is 2. The molecule has 0 bridgehead atoms. The van der Waals surface area contributed by atoms with Crippen molar-refractivity contribution in [1.29, 1.82) is 0 Å². The third kappa shape index (κ3) is 2.32. The third-order valence-electron chi connectivity index (χ3n) is 1.67. The van der Waals surface area contributed by atoms with Crippen molar-refractivity contribution < 1.29 is 9.18 Å². The number of halogens is 1. The van der Waals surface area contributed by atoms with Gasteiger partial charge in [-0.15, -0.1) is 6.58 Å². The smallest absolute Gasteiger partial charge is 0.253 e. The molecule has 4 heteroatoms. The number of rotatable bonds is 3. The minimum atomic E-state index is -0.483. The van der Waals surface area contributed by atoms with Gasteiger partial charge in [-0.05, 0) is 18.2 Å². The van der Waals surface area contributed by atoms with Gasteiger partial charge in [-0.25, -0.2) is 4.39 Å². The van der Waals surface area contributed by atoms with Crippen molar-refractivity contribution in [2.75, 3.05) is 12.3 Å². The van der Waals surface area contributed by atoms with Gasteiger partial charge in [0.1, 0.15) is 5.82 Å². The second kappa shape index (κ2) is 4.41. The summed E-state index contributed by atoms with van der Waals surface area (Å²) in [6, 6.07) is 3.67. The Morgan fingerprint density at radius 1 is 1.64 bits per heavy atom. The number of benzene rings is 1. The van der Waals surface area contributed by atoms with E-state index in [0.29, 0.717) is 6.54 Å². The summed E-state index contributed by atoms with van der Waals surface area (Å²) in [7, 11) is 0. The Labute approximate surface area is 81.4 Å². The van der Waals surface area contributed by atoms with E-state index in [1.165, 1.54) is 18.2 Å². The van der Waals surface area contributed by atoms with Gasteiger partial charge >= 0.3 is 0 Å². The average molecular weight is 194 g/mol. The molecule has 1 aromatic carbocycles. The highest BCUT2D eigenvalue weighted by molar-refractivity contribution is 5.99. The van der Waals surface area contributed by atoms with Crippen molar-refractivity contribution in [3.63, 3.8) is 0 Å². The van der Waals surface area contributed by atoms with Gasteiger partial charge < -0.3 is 11.1 Å². The maximum atomic E-state index is 12.8. The van der Waals surface area contributed by atoms with Crippen LogP contribution in [0.4, 0.5) is 10.1 Å². The highest BCUT2D eigenvalue weighted by Gasteiger charge is 2.09. The number of anilines is 1. The molecule has 0 atom stereocenters. The molecule has 0 spiro atoms. The summed E-state index contributed by atoms with van der Waals surface area (Å²) in [5.41, 5.74) is 5.91. The van der Waals surface area contributed by atoms with E-state index in [1.54, 1.807) is 0 Å². The number of nitrogen functional groups attached to an aromatic ring is 1. The Morgan fingerprint density at radius 2 is 2.36 bits per heavy atom. The van der Waals surface area contributed by atoms with Crippen molar-refractivity contribution in [3.8, 4) is 0 Å². The Morgan fingerprint density at radius 3 is 3.00 bits per heavy atom. The van der Waals surface area contributed by atoms with Crippen LogP contribution >= 0.6 is 0 Å². The van der Waals surface area contributed by atoms with Crippen LogP contribution in [0.15, 0.2) is 30.9 Å². The summed E-state index contributed by atoms with van der Waals surface area (Å²) in [4.78, 5) is 11.4. The zero-order valence-corrected chi connectivity index (χ0v) is 7.59. The molecule has 0 radical (unpaired) electrons. The van der Waals surface area contributed by atoms with E-state index in [2.05, 4.69) is 11.9 Å². The number of nitrogens with one attached hydrogen (secondary N) is 1. The minimum Gasteiger partial charge on any atom is -0.398 e. The molecule has 0 saturated carbocycles. The van der Waals surface area contributed by atoms with Gasteiger partial charge in [0.05, 0.1) is 5.56 Å². The van der Waals surface area contributed by atoms with Crippen molar-refractivity contribution in [2.45, 2.75) is 0 Å². The number of amides is 1. The Balaban J connectivity index is 2.88. The largest absolute Gasteiger partial charge is 0.398 e. The predicted octanol–water partition coefficient (Wildman–Crippen LogP) is 1.32. The average Bonchev–Trinajstić information content (AvgIpc) is 2.18. The van der Waals surface area contributed by atoms with Crippen LogP contribution in [0.3, 0.4) is 0 Å². The zero-order chi connectivity index (χ0) is 10.6. The predicted molar refractivity (Wildman–Crippen MR) is 53.3 cm³/mol. The third-order valence-corrected chi connectivity index (χ3v) is 1.67. The van der Waals surface area contributed by atoms with Crippen LogP contribution in [0.1, 0.15) is 10.4 Å². The fraction of sp³-hybridized carbons (Fsp3) is 0.100. The molecule has 14 heavy (non-hydrogen) atoms. The standard InChI is InChI=1S/C10H11FN2O/c1-2-5-13-10(14)8-6-7(11)3-4-9(8)12/h2-4,6H,1,5,12H2,(H,13,14). The van der Waals surface area contributed by atoms with E-state index in [4.69, 9.17) is 5.73 Å². The molecule has 0 aliphatic carbocycles. The first-order valence-electron chi connectivity index (χ1n) is 4.09. The van der Waals surface area contributed by atoms with E-state index in [9.17, 15) is 9.18 Å². The lowest BCUT2D eigenvalue weighted by Gasteiger charge is -2.05. The number of nitrogens with two attached hydrogens (primary N) is 1. The normalized spacial score (nSPS) is 9.50. The second-order valence-corrected chi connectivity index (χ2v) is 2.73. The molecular weight excluding hydrogens is 183 g/mol. The zero-order valence-electron chi connectivity index (χ0n) is 7.59. The maximum absolute atomic E-state index is 12.8. The first kappa shape index (κ1) is 10.2. The number of hydrogen-bond donors (Lipinski definition) is 2.